The molecule has 1 fully saturated rings. The Labute approximate surface area is 131 Å². The monoisotopic (exact) mass is 326 g/mol. The molecular formula is C15H22N2O4S. The zero-order chi connectivity index (χ0) is 15.6. The van der Waals surface area contributed by atoms with Gasteiger partial charge in [0.2, 0.25) is 16.8 Å². The molecule has 0 bridgehead atoms. The molecule has 0 amide bonds. The average Bonchev–Trinajstić information content (AvgIpc) is 2.94. The van der Waals surface area contributed by atoms with E-state index in [9.17, 15) is 8.42 Å². The molecule has 2 aliphatic rings. The first kappa shape index (κ1) is 15.6. The van der Waals surface area contributed by atoms with Gasteiger partial charge in [0.1, 0.15) is 0 Å². The average molecular weight is 326 g/mol. The highest BCUT2D eigenvalue weighted by Gasteiger charge is 2.23. The maximum Gasteiger partial charge on any atom is 0.240 e. The molecule has 122 valence electrons. The molecule has 2 N–H and O–H groups in total. The van der Waals surface area contributed by atoms with Crippen LogP contribution in [0.15, 0.2) is 17.0 Å². The van der Waals surface area contributed by atoms with Crippen molar-refractivity contribution in [1.29, 1.82) is 0 Å². The standard InChI is InChI=1S/C15H22N2O4S/c1-11-7-13-14(21-10-20-13)8-15(11)22(18,19)17-6-4-12-3-2-5-16-9-12/h7-8,12,16-17H,2-6,9-10H2,1H3. The SMILES string of the molecule is Cc1cc2c(cc1S(=O)(=O)NCCC1CCCNC1)OCO2. The molecule has 0 saturated carbocycles. The normalized spacial score (nSPS) is 21.0. The summed E-state index contributed by atoms with van der Waals surface area (Å²) in [6.45, 7) is 4.41. The van der Waals surface area contributed by atoms with Gasteiger partial charge < -0.3 is 14.8 Å². The van der Waals surface area contributed by atoms with Gasteiger partial charge in [-0.2, -0.15) is 0 Å². The van der Waals surface area contributed by atoms with Crippen molar-refractivity contribution in [3.05, 3.63) is 17.7 Å². The minimum absolute atomic E-state index is 0.139. The van der Waals surface area contributed by atoms with Crippen molar-refractivity contribution < 1.29 is 17.9 Å². The van der Waals surface area contributed by atoms with Crippen LogP contribution in [0.2, 0.25) is 0 Å². The molecule has 2 aliphatic heterocycles. The van der Waals surface area contributed by atoms with E-state index in [2.05, 4.69) is 10.0 Å². The molecule has 1 atom stereocenters. The largest absolute Gasteiger partial charge is 0.454 e. The van der Waals surface area contributed by atoms with Gasteiger partial charge in [-0.1, -0.05) is 0 Å². The number of hydrogen-bond acceptors (Lipinski definition) is 5. The number of benzene rings is 1. The summed E-state index contributed by atoms with van der Waals surface area (Å²) < 4.78 is 38.2. The highest BCUT2D eigenvalue weighted by atomic mass is 32.2. The van der Waals surface area contributed by atoms with Crippen LogP contribution in [0.1, 0.15) is 24.8 Å². The molecule has 0 spiro atoms. The molecule has 1 aromatic rings. The zero-order valence-electron chi connectivity index (χ0n) is 12.7. The molecule has 22 heavy (non-hydrogen) atoms. The fraction of sp³-hybridized carbons (Fsp3) is 0.600. The van der Waals surface area contributed by atoms with E-state index in [4.69, 9.17) is 9.47 Å². The first-order valence-corrected chi connectivity index (χ1v) is 9.15. The van der Waals surface area contributed by atoms with Gasteiger partial charge in [0.05, 0.1) is 4.90 Å². The number of sulfonamides is 1. The third-order valence-electron chi connectivity index (χ3n) is 4.20. The Kier molecular flexibility index (Phi) is 4.56. The van der Waals surface area contributed by atoms with Crippen LogP contribution in [0.4, 0.5) is 0 Å². The summed E-state index contributed by atoms with van der Waals surface area (Å²) in [5.41, 5.74) is 0.663. The Morgan fingerprint density at radius 1 is 1.32 bits per heavy atom. The molecule has 0 radical (unpaired) electrons. The number of hydrogen-bond donors (Lipinski definition) is 2. The van der Waals surface area contributed by atoms with Gasteiger partial charge >= 0.3 is 0 Å². The lowest BCUT2D eigenvalue weighted by Gasteiger charge is -2.22. The third-order valence-corrected chi connectivity index (χ3v) is 5.81. The van der Waals surface area contributed by atoms with Crippen molar-refractivity contribution in [1.82, 2.24) is 10.0 Å². The van der Waals surface area contributed by atoms with Gasteiger partial charge in [0, 0.05) is 12.6 Å². The van der Waals surface area contributed by atoms with E-state index in [1.807, 2.05) is 0 Å². The molecule has 1 aromatic carbocycles. The predicted octanol–water partition coefficient (Wildman–Crippen LogP) is 1.39. The summed E-state index contributed by atoms with van der Waals surface area (Å²) >= 11 is 0. The summed E-state index contributed by atoms with van der Waals surface area (Å²) in [6.07, 6.45) is 3.19. The number of aryl methyl sites for hydroxylation is 1. The number of ether oxygens (including phenoxy) is 2. The van der Waals surface area contributed by atoms with E-state index in [0.717, 1.165) is 25.9 Å². The Morgan fingerprint density at radius 3 is 2.82 bits per heavy atom. The maximum atomic E-state index is 12.5. The van der Waals surface area contributed by atoms with Crippen molar-refractivity contribution in [3.8, 4) is 11.5 Å². The first-order chi connectivity index (χ1) is 10.6. The van der Waals surface area contributed by atoms with Crippen LogP contribution in [0.25, 0.3) is 0 Å². The second-order valence-corrected chi connectivity index (χ2v) is 7.61. The van der Waals surface area contributed by atoms with E-state index in [1.54, 1.807) is 19.1 Å². The van der Waals surface area contributed by atoms with Crippen LogP contribution >= 0.6 is 0 Å². The van der Waals surface area contributed by atoms with Crippen LogP contribution in [-0.4, -0.2) is 34.8 Å². The number of rotatable bonds is 5. The van der Waals surface area contributed by atoms with E-state index in [0.29, 0.717) is 29.5 Å². The molecule has 3 rings (SSSR count). The molecule has 1 saturated heterocycles. The van der Waals surface area contributed by atoms with E-state index in [-0.39, 0.29) is 11.7 Å². The predicted molar refractivity (Wildman–Crippen MR) is 82.7 cm³/mol. The van der Waals surface area contributed by atoms with Gasteiger partial charge in [-0.3, -0.25) is 0 Å². The quantitative estimate of drug-likeness (QED) is 0.855. The summed E-state index contributed by atoms with van der Waals surface area (Å²) in [6, 6.07) is 3.25. The molecular weight excluding hydrogens is 304 g/mol. The van der Waals surface area contributed by atoms with Crippen LogP contribution in [-0.2, 0) is 10.0 Å². The number of fused-ring (bicyclic) bond motifs is 1. The van der Waals surface area contributed by atoms with E-state index in [1.165, 1.54) is 6.42 Å². The Balaban J connectivity index is 1.65. The number of piperidine rings is 1. The second kappa shape index (κ2) is 6.44. The van der Waals surface area contributed by atoms with Crippen LogP contribution in [0.3, 0.4) is 0 Å². The summed E-state index contributed by atoms with van der Waals surface area (Å²) in [7, 11) is -3.52. The van der Waals surface area contributed by atoms with Gasteiger partial charge in [-0.05, 0) is 56.8 Å². The lowest BCUT2D eigenvalue weighted by atomic mass is 9.96. The molecule has 7 heteroatoms. The highest BCUT2D eigenvalue weighted by Crippen LogP contribution is 2.36. The molecule has 6 nitrogen and oxygen atoms in total. The van der Waals surface area contributed by atoms with Crippen molar-refractivity contribution in [2.24, 2.45) is 5.92 Å². The van der Waals surface area contributed by atoms with Gasteiger partial charge in [-0.25, -0.2) is 13.1 Å². The third kappa shape index (κ3) is 3.37. The smallest absolute Gasteiger partial charge is 0.240 e. The fourth-order valence-corrected chi connectivity index (χ4v) is 4.25. The molecule has 1 unspecified atom stereocenters. The molecule has 2 heterocycles. The summed E-state index contributed by atoms with van der Waals surface area (Å²) in [5.74, 6) is 1.64. The van der Waals surface area contributed by atoms with Crippen molar-refractivity contribution in [3.63, 3.8) is 0 Å². The zero-order valence-corrected chi connectivity index (χ0v) is 13.5. The minimum atomic E-state index is -3.52. The maximum absolute atomic E-state index is 12.5. The first-order valence-electron chi connectivity index (χ1n) is 7.67. The summed E-state index contributed by atoms with van der Waals surface area (Å²) in [4.78, 5) is 0.263. The van der Waals surface area contributed by atoms with Crippen molar-refractivity contribution in [2.45, 2.75) is 31.1 Å². The van der Waals surface area contributed by atoms with Crippen LogP contribution < -0.4 is 19.5 Å². The van der Waals surface area contributed by atoms with Gasteiger partial charge in [0.15, 0.2) is 11.5 Å². The van der Waals surface area contributed by atoms with Gasteiger partial charge in [0.25, 0.3) is 0 Å². The van der Waals surface area contributed by atoms with E-state index < -0.39 is 10.0 Å². The fourth-order valence-electron chi connectivity index (χ4n) is 2.96. The Hall–Kier alpha value is -1.31. The van der Waals surface area contributed by atoms with Gasteiger partial charge in [-0.15, -0.1) is 0 Å². The lowest BCUT2D eigenvalue weighted by molar-refractivity contribution is 0.174. The van der Waals surface area contributed by atoms with E-state index >= 15 is 0 Å². The molecule has 0 aromatic heterocycles. The highest BCUT2D eigenvalue weighted by molar-refractivity contribution is 7.89. The Morgan fingerprint density at radius 2 is 2.09 bits per heavy atom. The Bertz CT molecular complexity index is 639. The lowest BCUT2D eigenvalue weighted by Crippen LogP contribution is -2.33. The minimum Gasteiger partial charge on any atom is -0.454 e. The van der Waals surface area contributed by atoms with Crippen molar-refractivity contribution >= 4 is 10.0 Å². The van der Waals surface area contributed by atoms with Crippen molar-refractivity contribution in [2.75, 3.05) is 26.4 Å². The second-order valence-electron chi connectivity index (χ2n) is 5.87. The van der Waals surface area contributed by atoms with Crippen LogP contribution in [0, 0.1) is 12.8 Å². The summed E-state index contributed by atoms with van der Waals surface area (Å²) in [5, 5.41) is 3.34. The topological polar surface area (TPSA) is 76.7 Å². The molecule has 0 aliphatic carbocycles. The number of nitrogens with one attached hydrogen (secondary N) is 2. The van der Waals surface area contributed by atoms with Crippen LogP contribution in [0.5, 0.6) is 11.5 Å².